The number of thiazole rings is 1. The van der Waals surface area contributed by atoms with Crippen LogP contribution in [0.2, 0.25) is 0 Å². The molecule has 2 unspecified atom stereocenters. The van der Waals surface area contributed by atoms with Crippen molar-refractivity contribution in [2.24, 2.45) is 11.8 Å². The van der Waals surface area contributed by atoms with Crippen molar-refractivity contribution in [1.29, 1.82) is 0 Å². The van der Waals surface area contributed by atoms with Gasteiger partial charge in [-0.1, -0.05) is 6.92 Å². The van der Waals surface area contributed by atoms with Crippen molar-refractivity contribution in [1.82, 2.24) is 19.9 Å². The Bertz CT molecular complexity index is 630. The molecule has 0 amide bonds. The number of nitrogens with zero attached hydrogens (tertiary/aromatic N) is 4. The van der Waals surface area contributed by atoms with Crippen LogP contribution in [0.15, 0.2) is 18.6 Å². The highest BCUT2D eigenvalue weighted by molar-refractivity contribution is 7.15. The number of rotatable bonds is 5. The summed E-state index contributed by atoms with van der Waals surface area (Å²) in [5.41, 5.74) is 0. The minimum atomic E-state index is -0.377. The topological polar surface area (TPSA) is 53.9 Å². The zero-order valence-corrected chi connectivity index (χ0v) is 14.3. The molecule has 1 fully saturated rings. The van der Waals surface area contributed by atoms with E-state index in [1.54, 1.807) is 11.3 Å². The van der Waals surface area contributed by atoms with Crippen molar-refractivity contribution in [2.75, 3.05) is 25.5 Å². The summed E-state index contributed by atoms with van der Waals surface area (Å²) >= 11 is 1.70. The maximum absolute atomic E-state index is 12.9. The van der Waals surface area contributed by atoms with Crippen molar-refractivity contribution < 1.29 is 4.39 Å². The van der Waals surface area contributed by atoms with E-state index in [0.717, 1.165) is 37.0 Å². The minimum Gasteiger partial charge on any atom is -0.365 e. The van der Waals surface area contributed by atoms with Gasteiger partial charge in [-0.05, 0) is 18.3 Å². The molecule has 7 heteroatoms. The molecule has 0 aliphatic carbocycles. The van der Waals surface area contributed by atoms with Gasteiger partial charge < -0.3 is 5.32 Å². The Balaban J connectivity index is 1.60. The van der Waals surface area contributed by atoms with Gasteiger partial charge in [-0.2, -0.15) is 0 Å². The largest absolute Gasteiger partial charge is 0.365 e. The van der Waals surface area contributed by atoms with Gasteiger partial charge in [0.25, 0.3) is 0 Å². The highest BCUT2D eigenvalue weighted by Gasteiger charge is 2.26. The summed E-state index contributed by atoms with van der Waals surface area (Å²) in [6.45, 7) is 5.35. The van der Waals surface area contributed by atoms with E-state index >= 15 is 0 Å². The van der Waals surface area contributed by atoms with Crippen molar-refractivity contribution >= 4 is 16.5 Å². The lowest BCUT2D eigenvalue weighted by Gasteiger charge is -2.36. The SMILES string of the molecule is CNc1ncc(CN2CC(C)CC(Cc3ncc(F)cn3)C2)s1. The van der Waals surface area contributed by atoms with E-state index in [1.807, 2.05) is 13.2 Å². The van der Waals surface area contributed by atoms with Crippen LogP contribution in [0.1, 0.15) is 24.0 Å². The summed E-state index contributed by atoms with van der Waals surface area (Å²) < 4.78 is 12.9. The molecule has 1 aliphatic rings. The van der Waals surface area contributed by atoms with E-state index in [9.17, 15) is 4.39 Å². The smallest absolute Gasteiger partial charge is 0.182 e. The van der Waals surface area contributed by atoms with Crippen LogP contribution < -0.4 is 5.32 Å². The second-order valence-electron chi connectivity index (χ2n) is 6.30. The van der Waals surface area contributed by atoms with Crippen LogP contribution in [0.4, 0.5) is 9.52 Å². The second-order valence-corrected chi connectivity index (χ2v) is 7.42. The van der Waals surface area contributed by atoms with Crippen LogP contribution in [0.25, 0.3) is 0 Å². The summed E-state index contributed by atoms with van der Waals surface area (Å²) in [5, 5.41) is 4.04. The van der Waals surface area contributed by atoms with Gasteiger partial charge in [0.15, 0.2) is 10.9 Å². The number of nitrogens with one attached hydrogen (secondary N) is 1. The Kier molecular flexibility index (Phi) is 5.17. The third kappa shape index (κ3) is 4.45. The molecule has 1 aliphatic heterocycles. The number of piperidine rings is 1. The van der Waals surface area contributed by atoms with Crippen molar-refractivity contribution in [3.63, 3.8) is 0 Å². The maximum atomic E-state index is 12.9. The van der Waals surface area contributed by atoms with E-state index in [0.29, 0.717) is 11.8 Å². The number of hydrogen-bond donors (Lipinski definition) is 1. The Morgan fingerprint density at radius 3 is 2.74 bits per heavy atom. The molecule has 0 radical (unpaired) electrons. The predicted molar refractivity (Wildman–Crippen MR) is 89.9 cm³/mol. The van der Waals surface area contributed by atoms with Gasteiger partial charge in [0.2, 0.25) is 0 Å². The molecule has 1 N–H and O–H groups in total. The van der Waals surface area contributed by atoms with E-state index in [-0.39, 0.29) is 5.82 Å². The summed E-state index contributed by atoms with van der Waals surface area (Å²) in [6.07, 6.45) is 6.44. The van der Waals surface area contributed by atoms with Gasteiger partial charge in [0.1, 0.15) is 5.82 Å². The highest BCUT2D eigenvalue weighted by Crippen LogP contribution is 2.27. The first-order valence-corrected chi connectivity index (χ1v) is 8.75. The Morgan fingerprint density at radius 1 is 1.26 bits per heavy atom. The van der Waals surface area contributed by atoms with Crippen LogP contribution in [0, 0.1) is 17.7 Å². The first-order valence-electron chi connectivity index (χ1n) is 7.93. The van der Waals surface area contributed by atoms with Gasteiger partial charge in [-0.25, -0.2) is 19.3 Å². The molecule has 2 atom stereocenters. The summed E-state index contributed by atoms with van der Waals surface area (Å²) in [7, 11) is 1.89. The van der Waals surface area contributed by atoms with Crippen LogP contribution >= 0.6 is 11.3 Å². The van der Waals surface area contributed by atoms with E-state index < -0.39 is 0 Å². The zero-order valence-electron chi connectivity index (χ0n) is 13.5. The number of anilines is 1. The van der Waals surface area contributed by atoms with Crippen LogP contribution in [0.5, 0.6) is 0 Å². The fourth-order valence-electron chi connectivity index (χ4n) is 3.29. The Hall–Kier alpha value is -1.60. The molecule has 3 rings (SSSR count). The average molecular weight is 335 g/mol. The van der Waals surface area contributed by atoms with Crippen molar-refractivity contribution in [2.45, 2.75) is 26.3 Å². The monoisotopic (exact) mass is 335 g/mol. The number of halogens is 1. The first kappa shape index (κ1) is 16.3. The third-order valence-corrected chi connectivity index (χ3v) is 5.11. The molecular weight excluding hydrogens is 313 g/mol. The van der Waals surface area contributed by atoms with Crippen molar-refractivity contribution in [3.05, 3.63) is 35.1 Å². The summed E-state index contributed by atoms with van der Waals surface area (Å²) in [5.74, 6) is 1.52. The normalized spacial score (nSPS) is 22.2. The molecule has 0 spiro atoms. The van der Waals surface area contributed by atoms with Gasteiger partial charge in [-0.3, -0.25) is 4.90 Å². The maximum Gasteiger partial charge on any atom is 0.182 e. The number of aromatic nitrogens is 3. The van der Waals surface area contributed by atoms with Crippen molar-refractivity contribution in [3.8, 4) is 0 Å². The van der Waals surface area contributed by atoms with E-state index in [4.69, 9.17) is 0 Å². The fraction of sp³-hybridized carbons (Fsp3) is 0.562. The molecule has 3 heterocycles. The quantitative estimate of drug-likeness (QED) is 0.910. The minimum absolute atomic E-state index is 0.377. The Morgan fingerprint density at radius 2 is 2.04 bits per heavy atom. The van der Waals surface area contributed by atoms with Crippen LogP contribution in [-0.2, 0) is 13.0 Å². The molecule has 124 valence electrons. The highest BCUT2D eigenvalue weighted by atomic mass is 32.1. The standard InChI is InChI=1S/C16H22FN5S/c1-11-3-12(4-15-19-5-13(17)6-20-15)9-22(8-11)10-14-7-21-16(18-2)23-14/h5-7,11-12H,3-4,8-10H2,1-2H3,(H,18,21). The van der Waals surface area contributed by atoms with Gasteiger partial charge in [0, 0.05) is 44.2 Å². The lowest BCUT2D eigenvalue weighted by atomic mass is 9.88. The predicted octanol–water partition coefficient (Wildman–Crippen LogP) is 2.81. The second kappa shape index (κ2) is 7.31. The molecule has 0 bridgehead atoms. The zero-order chi connectivity index (χ0) is 16.2. The number of hydrogen-bond acceptors (Lipinski definition) is 6. The first-order chi connectivity index (χ1) is 11.1. The molecule has 1 saturated heterocycles. The molecule has 2 aromatic heterocycles. The molecule has 5 nitrogen and oxygen atoms in total. The van der Waals surface area contributed by atoms with E-state index in [1.165, 1.54) is 23.7 Å². The summed E-state index contributed by atoms with van der Waals surface area (Å²) in [4.78, 5) is 16.3. The lowest BCUT2D eigenvalue weighted by molar-refractivity contribution is 0.125. The van der Waals surface area contributed by atoms with Gasteiger partial charge >= 0.3 is 0 Å². The fourth-order valence-corrected chi connectivity index (χ4v) is 4.10. The molecular formula is C16H22FN5S. The molecule has 0 aromatic carbocycles. The molecule has 2 aromatic rings. The third-order valence-electron chi connectivity index (χ3n) is 4.11. The molecule has 0 saturated carbocycles. The lowest BCUT2D eigenvalue weighted by Crippen LogP contribution is -2.39. The molecule has 23 heavy (non-hydrogen) atoms. The van der Waals surface area contributed by atoms with E-state index in [2.05, 4.69) is 32.1 Å². The van der Waals surface area contributed by atoms with Gasteiger partial charge in [0.05, 0.1) is 12.4 Å². The average Bonchev–Trinajstić information content (AvgIpc) is 2.96. The summed E-state index contributed by atoms with van der Waals surface area (Å²) in [6, 6.07) is 0. The van der Waals surface area contributed by atoms with Crippen LogP contribution in [-0.4, -0.2) is 40.0 Å². The van der Waals surface area contributed by atoms with Crippen LogP contribution in [0.3, 0.4) is 0 Å². The van der Waals surface area contributed by atoms with Gasteiger partial charge in [-0.15, -0.1) is 11.3 Å². The Labute approximate surface area is 140 Å². The number of likely N-dealkylation sites (tertiary alicyclic amines) is 1.